The van der Waals surface area contributed by atoms with Crippen LogP contribution in [-0.4, -0.2) is 18.2 Å². The second kappa shape index (κ2) is 5.41. The average Bonchev–Trinajstić information content (AvgIpc) is 2.93. The van der Waals surface area contributed by atoms with Crippen molar-refractivity contribution in [3.8, 4) is 0 Å². The van der Waals surface area contributed by atoms with Gasteiger partial charge in [-0.1, -0.05) is 0 Å². The van der Waals surface area contributed by atoms with Gasteiger partial charge in [-0.3, -0.25) is 4.68 Å². The number of sulfonamides is 1. The van der Waals surface area contributed by atoms with Crippen LogP contribution in [0.5, 0.6) is 0 Å². The van der Waals surface area contributed by atoms with Crippen LogP contribution in [0.4, 0.5) is 0 Å². The van der Waals surface area contributed by atoms with E-state index in [0.29, 0.717) is 9.77 Å². The average molecular weight is 300 g/mol. The Hall–Kier alpha value is -1.22. The van der Waals surface area contributed by atoms with Crippen LogP contribution in [0, 0.1) is 6.92 Å². The van der Waals surface area contributed by atoms with Gasteiger partial charge in [-0.2, -0.15) is 5.10 Å². The summed E-state index contributed by atoms with van der Waals surface area (Å²) < 4.78 is 28.8. The Kier molecular flexibility index (Phi) is 4.04. The quantitative estimate of drug-likeness (QED) is 0.851. The Morgan fingerprint density at radius 2 is 2.26 bits per heavy atom. The smallest absolute Gasteiger partial charge is 0.242 e. The van der Waals surface area contributed by atoms with E-state index < -0.39 is 10.0 Å². The molecule has 0 saturated carbocycles. The lowest BCUT2D eigenvalue weighted by Gasteiger charge is -2.08. The lowest BCUT2D eigenvalue weighted by molar-refractivity contribution is 0.576. The van der Waals surface area contributed by atoms with E-state index in [1.807, 2.05) is 0 Å². The van der Waals surface area contributed by atoms with E-state index in [-0.39, 0.29) is 13.1 Å². The van der Waals surface area contributed by atoms with Gasteiger partial charge in [0.25, 0.3) is 0 Å². The third-order valence-electron chi connectivity index (χ3n) is 2.81. The van der Waals surface area contributed by atoms with E-state index >= 15 is 0 Å². The zero-order valence-electron chi connectivity index (χ0n) is 10.8. The fourth-order valence-electron chi connectivity index (χ4n) is 1.80. The Labute approximate surface area is 116 Å². The van der Waals surface area contributed by atoms with Gasteiger partial charge in [-0.25, -0.2) is 13.1 Å². The number of nitrogens with two attached hydrogens (primary N) is 1. The minimum Gasteiger partial charge on any atom is -0.326 e. The highest BCUT2D eigenvalue weighted by Crippen LogP contribution is 2.26. The third kappa shape index (κ3) is 2.86. The molecule has 0 aliphatic heterocycles. The monoisotopic (exact) mass is 300 g/mol. The summed E-state index contributed by atoms with van der Waals surface area (Å²) >= 11 is 1.37. The number of aryl methyl sites for hydroxylation is 2. The molecule has 0 unspecified atom stereocenters. The fraction of sp³-hybridized carbons (Fsp3) is 0.364. The molecule has 0 atom stereocenters. The molecule has 0 saturated heterocycles. The molecule has 2 rings (SSSR count). The van der Waals surface area contributed by atoms with Crippen molar-refractivity contribution in [2.24, 2.45) is 12.8 Å². The summed E-state index contributed by atoms with van der Waals surface area (Å²) in [6.45, 7) is 2.20. The Balaban J connectivity index is 2.23. The van der Waals surface area contributed by atoms with Gasteiger partial charge in [-0.05, 0) is 23.9 Å². The minimum absolute atomic E-state index is 0.206. The summed E-state index contributed by atoms with van der Waals surface area (Å²) in [5, 5.41) is 5.80. The molecule has 104 valence electrons. The molecule has 6 nitrogen and oxygen atoms in total. The summed E-state index contributed by atoms with van der Waals surface area (Å²) in [6, 6.07) is 1.77. The predicted octanol–water partition coefficient (Wildman–Crippen LogP) is 0.727. The maximum Gasteiger partial charge on any atom is 0.242 e. The number of hydrogen-bond acceptors (Lipinski definition) is 5. The van der Waals surface area contributed by atoms with Crippen molar-refractivity contribution in [1.29, 1.82) is 0 Å². The Morgan fingerprint density at radius 1 is 1.53 bits per heavy atom. The van der Waals surface area contributed by atoms with Crippen LogP contribution < -0.4 is 10.5 Å². The van der Waals surface area contributed by atoms with Gasteiger partial charge in [0.2, 0.25) is 10.0 Å². The zero-order chi connectivity index (χ0) is 14.0. The van der Waals surface area contributed by atoms with Crippen molar-refractivity contribution >= 4 is 21.4 Å². The molecule has 0 aliphatic carbocycles. The summed E-state index contributed by atoms with van der Waals surface area (Å²) in [4.78, 5) is 0.983. The summed E-state index contributed by atoms with van der Waals surface area (Å²) in [6.07, 6.45) is 1.63. The van der Waals surface area contributed by atoms with Crippen LogP contribution in [0.3, 0.4) is 0 Å². The van der Waals surface area contributed by atoms with Crippen molar-refractivity contribution < 1.29 is 8.42 Å². The van der Waals surface area contributed by atoms with E-state index in [0.717, 1.165) is 11.3 Å². The van der Waals surface area contributed by atoms with Gasteiger partial charge >= 0.3 is 0 Å². The number of thiophene rings is 1. The van der Waals surface area contributed by atoms with Crippen molar-refractivity contribution in [1.82, 2.24) is 14.5 Å². The van der Waals surface area contributed by atoms with E-state index in [1.165, 1.54) is 11.3 Å². The van der Waals surface area contributed by atoms with Crippen LogP contribution in [0.25, 0.3) is 0 Å². The second-order valence-electron chi connectivity index (χ2n) is 4.15. The van der Waals surface area contributed by atoms with Gasteiger partial charge in [0.1, 0.15) is 4.90 Å². The number of aromatic nitrogens is 2. The third-order valence-corrected chi connectivity index (χ3v) is 5.70. The first kappa shape index (κ1) is 14.2. The molecule has 0 fully saturated rings. The molecule has 0 bridgehead atoms. The van der Waals surface area contributed by atoms with E-state index in [1.54, 1.807) is 36.3 Å². The lowest BCUT2D eigenvalue weighted by Crippen LogP contribution is -2.25. The molecular weight excluding hydrogens is 284 g/mol. The maximum absolute atomic E-state index is 12.3. The van der Waals surface area contributed by atoms with E-state index in [4.69, 9.17) is 5.73 Å². The summed E-state index contributed by atoms with van der Waals surface area (Å²) in [7, 11) is -1.78. The molecule has 0 aromatic carbocycles. The van der Waals surface area contributed by atoms with Crippen LogP contribution >= 0.6 is 11.3 Å². The molecule has 2 aromatic heterocycles. The predicted molar refractivity (Wildman–Crippen MR) is 74.2 cm³/mol. The van der Waals surface area contributed by atoms with Gasteiger partial charge < -0.3 is 5.73 Å². The summed E-state index contributed by atoms with van der Waals surface area (Å²) in [5.74, 6) is 0. The van der Waals surface area contributed by atoms with Crippen molar-refractivity contribution in [3.63, 3.8) is 0 Å². The number of nitrogens with one attached hydrogen (secondary N) is 1. The van der Waals surface area contributed by atoms with Gasteiger partial charge in [0.15, 0.2) is 0 Å². The van der Waals surface area contributed by atoms with Gasteiger partial charge in [0.05, 0.1) is 12.2 Å². The standard InChI is InChI=1S/C11H16N4O2S2/c1-8-7-18-10(5-12)11(8)19(16,17)14-6-9-3-4-13-15(9)2/h3-4,7,14H,5-6,12H2,1-2H3. The normalized spacial score (nSPS) is 11.9. The van der Waals surface area contributed by atoms with Gasteiger partial charge in [-0.15, -0.1) is 11.3 Å². The number of hydrogen-bond donors (Lipinski definition) is 2. The summed E-state index contributed by atoms with van der Waals surface area (Å²) in [5.41, 5.74) is 7.10. The molecule has 2 aromatic rings. The molecule has 3 N–H and O–H groups in total. The van der Waals surface area contributed by atoms with Crippen LogP contribution in [0.2, 0.25) is 0 Å². The molecular formula is C11H16N4O2S2. The molecule has 0 aliphatic rings. The SMILES string of the molecule is Cc1csc(CN)c1S(=O)(=O)NCc1ccnn1C. The highest BCUT2D eigenvalue weighted by Gasteiger charge is 2.22. The Bertz CT molecular complexity index is 673. The van der Waals surface area contributed by atoms with Crippen molar-refractivity contribution in [2.75, 3.05) is 0 Å². The zero-order valence-corrected chi connectivity index (χ0v) is 12.4. The first-order chi connectivity index (χ1) is 8.95. The number of nitrogens with zero attached hydrogens (tertiary/aromatic N) is 2. The largest absolute Gasteiger partial charge is 0.326 e. The molecule has 0 amide bonds. The topological polar surface area (TPSA) is 90.0 Å². The highest BCUT2D eigenvalue weighted by molar-refractivity contribution is 7.89. The molecule has 0 radical (unpaired) electrons. The lowest BCUT2D eigenvalue weighted by atomic mass is 10.3. The molecule has 19 heavy (non-hydrogen) atoms. The van der Waals surface area contributed by atoms with Crippen LogP contribution in [0.1, 0.15) is 16.1 Å². The second-order valence-corrected chi connectivity index (χ2v) is 6.81. The first-order valence-corrected chi connectivity index (χ1v) is 8.05. The number of rotatable bonds is 5. The highest BCUT2D eigenvalue weighted by atomic mass is 32.2. The molecule has 0 spiro atoms. The first-order valence-electron chi connectivity index (χ1n) is 5.69. The molecule has 8 heteroatoms. The van der Waals surface area contributed by atoms with Crippen LogP contribution in [-0.2, 0) is 30.2 Å². The van der Waals surface area contributed by atoms with E-state index in [9.17, 15) is 8.42 Å². The minimum atomic E-state index is -3.54. The van der Waals surface area contributed by atoms with Gasteiger partial charge in [0, 0.05) is 24.7 Å². The Morgan fingerprint density at radius 3 is 2.84 bits per heavy atom. The van der Waals surface area contributed by atoms with E-state index in [2.05, 4.69) is 9.82 Å². The van der Waals surface area contributed by atoms with Crippen molar-refractivity contribution in [2.45, 2.75) is 24.9 Å². The molecule has 2 heterocycles. The van der Waals surface area contributed by atoms with Crippen LogP contribution in [0.15, 0.2) is 22.5 Å². The van der Waals surface area contributed by atoms with Crippen molar-refractivity contribution in [3.05, 3.63) is 33.8 Å². The fourth-order valence-corrected chi connectivity index (χ4v) is 4.50. The maximum atomic E-state index is 12.3.